The SMILES string of the molecule is CC1CC(C2=CCCC(N)=C2)(c2nncs2)C1. The summed E-state index contributed by atoms with van der Waals surface area (Å²) >= 11 is 1.67. The Morgan fingerprint density at radius 1 is 1.47 bits per heavy atom. The number of aromatic nitrogens is 2. The van der Waals surface area contributed by atoms with Crippen molar-refractivity contribution >= 4 is 11.3 Å². The molecule has 17 heavy (non-hydrogen) atoms. The van der Waals surface area contributed by atoms with Crippen LogP contribution in [0.15, 0.2) is 28.9 Å². The molecule has 0 bridgehead atoms. The molecule has 0 amide bonds. The molecule has 4 heteroatoms. The van der Waals surface area contributed by atoms with Crippen LogP contribution in [0.4, 0.5) is 0 Å². The van der Waals surface area contributed by atoms with Crippen molar-refractivity contribution in [1.82, 2.24) is 10.2 Å². The summed E-state index contributed by atoms with van der Waals surface area (Å²) in [7, 11) is 0. The Labute approximate surface area is 105 Å². The van der Waals surface area contributed by atoms with E-state index in [2.05, 4.69) is 29.3 Å². The number of nitrogens with two attached hydrogens (primary N) is 1. The minimum atomic E-state index is 0.117. The van der Waals surface area contributed by atoms with Crippen LogP contribution in [0.5, 0.6) is 0 Å². The Hall–Kier alpha value is -1.16. The molecule has 3 rings (SSSR count). The summed E-state index contributed by atoms with van der Waals surface area (Å²) in [5, 5.41) is 9.46. The van der Waals surface area contributed by atoms with E-state index in [1.807, 2.05) is 5.51 Å². The van der Waals surface area contributed by atoms with E-state index in [9.17, 15) is 0 Å². The molecule has 0 spiro atoms. The highest BCUT2D eigenvalue weighted by Crippen LogP contribution is 2.53. The van der Waals surface area contributed by atoms with E-state index >= 15 is 0 Å². The summed E-state index contributed by atoms with van der Waals surface area (Å²) in [5.41, 5.74) is 10.3. The average molecular weight is 247 g/mol. The molecule has 2 aliphatic rings. The number of rotatable bonds is 2. The van der Waals surface area contributed by atoms with Gasteiger partial charge >= 0.3 is 0 Å². The first-order chi connectivity index (χ1) is 8.21. The highest BCUT2D eigenvalue weighted by atomic mass is 32.1. The Kier molecular flexibility index (Phi) is 2.54. The molecule has 0 saturated heterocycles. The highest BCUT2D eigenvalue weighted by molar-refractivity contribution is 7.09. The van der Waals surface area contributed by atoms with Crippen molar-refractivity contribution in [2.45, 2.75) is 38.0 Å². The fourth-order valence-corrected chi connectivity index (χ4v) is 3.90. The van der Waals surface area contributed by atoms with Crippen LogP contribution in [0.25, 0.3) is 0 Å². The second-order valence-electron chi connectivity index (χ2n) is 5.26. The smallest absolute Gasteiger partial charge is 0.127 e. The molecular weight excluding hydrogens is 230 g/mol. The summed E-state index contributed by atoms with van der Waals surface area (Å²) in [6.45, 7) is 2.30. The Bertz CT molecular complexity index is 467. The van der Waals surface area contributed by atoms with Crippen LogP contribution < -0.4 is 5.73 Å². The van der Waals surface area contributed by atoms with E-state index in [1.165, 1.54) is 18.4 Å². The fourth-order valence-electron chi connectivity index (χ4n) is 3.10. The molecule has 3 nitrogen and oxygen atoms in total. The van der Waals surface area contributed by atoms with Gasteiger partial charge in [-0.1, -0.05) is 13.0 Å². The van der Waals surface area contributed by atoms with Gasteiger partial charge < -0.3 is 5.73 Å². The topological polar surface area (TPSA) is 51.8 Å². The molecule has 0 aliphatic heterocycles. The second-order valence-corrected chi connectivity index (χ2v) is 6.09. The van der Waals surface area contributed by atoms with Gasteiger partial charge in [0.15, 0.2) is 0 Å². The highest BCUT2D eigenvalue weighted by Gasteiger charge is 2.48. The zero-order valence-corrected chi connectivity index (χ0v) is 10.8. The van der Waals surface area contributed by atoms with Crippen LogP contribution >= 0.6 is 11.3 Å². The maximum atomic E-state index is 5.98. The molecule has 1 aromatic heterocycles. The summed E-state index contributed by atoms with van der Waals surface area (Å²) in [4.78, 5) is 0. The molecule has 1 fully saturated rings. The monoisotopic (exact) mass is 247 g/mol. The minimum absolute atomic E-state index is 0.117. The lowest BCUT2D eigenvalue weighted by Gasteiger charge is -2.46. The van der Waals surface area contributed by atoms with Gasteiger partial charge in [0.1, 0.15) is 10.5 Å². The zero-order chi connectivity index (χ0) is 11.9. The predicted molar refractivity (Wildman–Crippen MR) is 69.6 cm³/mol. The zero-order valence-electron chi connectivity index (χ0n) is 10.0. The largest absolute Gasteiger partial charge is 0.402 e. The lowest BCUT2D eigenvalue weighted by Crippen LogP contribution is -2.42. The van der Waals surface area contributed by atoms with E-state index in [0.717, 1.165) is 29.5 Å². The first kappa shape index (κ1) is 11.0. The number of hydrogen-bond acceptors (Lipinski definition) is 4. The van der Waals surface area contributed by atoms with Crippen LogP contribution in [-0.4, -0.2) is 10.2 Å². The first-order valence-corrected chi connectivity index (χ1v) is 7.02. The number of allylic oxidation sites excluding steroid dienone is 4. The second kappa shape index (κ2) is 3.95. The third-order valence-corrected chi connectivity index (χ3v) is 4.75. The standard InChI is InChI=1S/C13H17N3S/c1-9-6-13(7-9,12-16-15-8-17-12)10-3-2-4-11(14)5-10/h3,5,8-9H,2,4,6-7,14H2,1H3. The fraction of sp³-hybridized carbons (Fsp3) is 0.538. The molecule has 90 valence electrons. The van der Waals surface area contributed by atoms with E-state index in [4.69, 9.17) is 5.73 Å². The van der Waals surface area contributed by atoms with Crippen molar-refractivity contribution in [2.24, 2.45) is 11.7 Å². The van der Waals surface area contributed by atoms with Crippen LogP contribution in [0, 0.1) is 5.92 Å². The molecular formula is C13H17N3S. The van der Waals surface area contributed by atoms with Gasteiger partial charge in [0.2, 0.25) is 0 Å². The van der Waals surface area contributed by atoms with Crippen molar-refractivity contribution in [3.05, 3.63) is 33.9 Å². The quantitative estimate of drug-likeness (QED) is 0.874. The van der Waals surface area contributed by atoms with Gasteiger partial charge in [-0.15, -0.1) is 21.5 Å². The first-order valence-electron chi connectivity index (χ1n) is 6.14. The Balaban J connectivity index is 1.99. The predicted octanol–water partition coefficient (Wildman–Crippen LogP) is 2.77. The maximum Gasteiger partial charge on any atom is 0.127 e. The van der Waals surface area contributed by atoms with Crippen molar-refractivity contribution in [2.75, 3.05) is 0 Å². The third-order valence-electron chi connectivity index (χ3n) is 3.85. The van der Waals surface area contributed by atoms with Crippen LogP contribution in [-0.2, 0) is 5.41 Å². The molecule has 0 unspecified atom stereocenters. The van der Waals surface area contributed by atoms with Gasteiger partial charge in [-0.05, 0) is 43.3 Å². The van der Waals surface area contributed by atoms with Crippen molar-refractivity contribution in [1.29, 1.82) is 0 Å². The van der Waals surface area contributed by atoms with Gasteiger partial charge in [0.25, 0.3) is 0 Å². The van der Waals surface area contributed by atoms with Gasteiger partial charge in [-0.25, -0.2) is 0 Å². The number of hydrogen-bond donors (Lipinski definition) is 1. The third kappa shape index (κ3) is 1.71. The molecule has 2 aliphatic carbocycles. The normalized spacial score (nSPS) is 32.6. The Morgan fingerprint density at radius 2 is 2.29 bits per heavy atom. The summed E-state index contributed by atoms with van der Waals surface area (Å²) in [6, 6.07) is 0. The van der Waals surface area contributed by atoms with E-state index < -0.39 is 0 Å². The van der Waals surface area contributed by atoms with Gasteiger partial charge in [0, 0.05) is 11.1 Å². The van der Waals surface area contributed by atoms with E-state index in [0.29, 0.717) is 0 Å². The van der Waals surface area contributed by atoms with Gasteiger partial charge in [0.05, 0.1) is 0 Å². The van der Waals surface area contributed by atoms with Gasteiger partial charge in [-0.3, -0.25) is 0 Å². The average Bonchev–Trinajstić information content (AvgIpc) is 2.78. The molecule has 1 saturated carbocycles. The molecule has 2 N–H and O–H groups in total. The molecule has 0 aromatic carbocycles. The van der Waals surface area contributed by atoms with Crippen LogP contribution in [0.2, 0.25) is 0 Å². The molecule has 1 heterocycles. The van der Waals surface area contributed by atoms with Crippen LogP contribution in [0.3, 0.4) is 0 Å². The summed E-state index contributed by atoms with van der Waals surface area (Å²) in [5.74, 6) is 0.774. The molecule has 0 radical (unpaired) electrons. The van der Waals surface area contributed by atoms with Crippen molar-refractivity contribution < 1.29 is 0 Å². The van der Waals surface area contributed by atoms with Crippen molar-refractivity contribution in [3.63, 3.8) is 0 Å². The Morgan fingerprint density at radius 3 is 2.88 bits per heavy atom. The van der Waals surface area contributed by atoms with Gasteiger partial charge in [-0.2, -0.15) is 0 Å². The maximum absolute atomic E-state index is 5.98. The van der Waals surface area contributed by atoms with Crippen LogP contribution in [0.1, 0.15) is 37.6 Å². The summed E-state index contributed by atoms with van der Waals surface area (Å²) in [6.07, 6.45) is 8.91. The lowest BCUT2D eigenvalue weighted by atomic mass is 9.58. The van der Waals surface area contributed by atoms with E-state index in [-0.39, 0.29) is 5.41 Å². The lowest BCUT2D eigenvalue weighted by molar-refractivity contribution is 0.197. The van der Waals surface area contributed by atoms with Crippen molar-refractivity contribution in [3.8, 4) is 0 Å². The van der Waals surface area contributed by atoms with E-state index in [1.54, 1.807) is 11.3 Å². The number of nitrogens with zero attached hydrogens (tertiary/aromatic N) is 2. The summed E-state index contributed by atoms with van der Waals surface area (Å²) < 4.78 is 0. The molecule has 1 aromatic rings. The molecule has 0 atom stereocenters. The minimum Gasteiger partial charge on any atom is -0.402 e.